The molecule has 0 aromatic heterocycles. The summed E-state index contributed by atoms with van der Waals surface area (Å²) in [5.74, 6) is -3.16. The molecule has 0 atom stereocenters. The van der Waals surface area contributed by atoms with Gasteiger partial charge in [0.05, 0.1) is 23.4 Å². The van der Waals surface area contributed by atoms with Crippen molar-refractivity contribution in [3.05, 3.63) is 0 Å². The number of rotatable bonds is 2. The second-order valence-electron chi connectivity index (χ2n) is 3.76. The average molecular weight is 413 g/mol. The van der Waals surface area contributed by atoms with Gasteiger partial charge in [0.1, 0.15) is 0 Å². The van der Waals surface area contributed by atoms with Gasteiger partial charge in [0.15, 0.2) is 0 Å². The van der Waals surface area contributed by atoms with Crippen LogP contribution < -0.4 is 21.1 Å². The third-order valence-electron chi connectivity index (χ3n) is 2.28. The molecule has 25 heavy (non-hydrogen) atoms. The van der Waals surface area contributed by atoms with E-state index in [0.717, 1.165) is 0 Å². The first kappa shape index (κ1) is 34.0. The Morgan fingerprint density at radius 3 is 1.16 bits per heavy atom. The number of hydrazone groups is 2. The van der Waals surface area contributed by atoms with Gasteiger partial charge in [-0.05, 0) is 0 Å². The Bertz CT molecular complexity index is 476. The third kappa shape index (κ3) is 12.6. The van der Waals surface area contributed by atoms with Crippen LogP contribution in [0.4, 0.5) is 0 Å². The molecule has 15 heteroatoms. The van der Waals surface area contributed by atoms with Gasteiger partial charge in [-0.2, -0.15) is 10.2 Å². The van der Waals surface area contributed by atoms with Crippen LogP contribution in [0.1, 0.15) is 25.7 Å². The van der Waals surface area contributed by atoms with Crippen LogP contribution in [0.2, 0.25) is 0 Å². The van der Waals surface area contributed by atoms with Gasteiger partial charge >= 0.3 is 16.8 Å². The van der Waals surface area contributed by atoms with Crippen LogP contribution in [0.3, 0.4) is 0 Å². The van der Waals surface area contributed by atoms with E-state index in [2.05, 4.69) is 10.2 Å². The Labute approximate surface area is 150 Å². The van der Waals surface area contributed by atoms with Gasteiger partial charge in [0.2, 0.25) is 11.8 Å². The molecule has 2 aliphatic rings. The Kier molecular flexibility index (Phi) is 22.3. The number of amides is 2. The van der Waals surface area contributed by atoms with Crippen molar-refractivity contribution >= 4 is 35.2 Å². The van der Waals surface area contributed by atoms with E-state index in [9.17, 15) is 29.4 Å². The molecule has 2 rings (SSSR count). The summed E-state index contributed by atoms with van der Waals surface area (Å²) in [7, 11) is 0. The number of carbonyl (C=O) groups is 4. The van der Waals surface area contributed by atoms with Crippen LogP contribution in [-0.2, 0) is 36.0 Å². The molecule has 2 aliphatic heterocycles. The molecule has 2 heterocycles. The first-order valence-electron chi connectivity index (χ1n) is 5.53. The molecule has 0 aromatic rings. The summed E-state index contributed by atoms with van der Waals surface area (Å²) in [5, 5.41) is 26.7. The molecule has 0 saturated carbocycles. The molecular formula is C10H18CoN4O10. The summed E-state index contributed by atoms with van der Waals surface area (Å²) in [6.07, 6.45) is 0.669. The number of carbonyl (C=O) groups excluding carboxylic acids is 4. The van der Waals surface area contributed by atoms with Crippen molar-refractivity contribution in [1.29, 1.82) is 0 Å². The average Bonchev–Trinajstić information content (AvgIpc) is 2.40. The Morgan fingerprint density at radius 1 is 0.720 bits per heavy atom. The maximum Gasteiger partial charge on any atom is 2.00 e. The fourth-order valence-electron chi connectivity index (χ4n) is 1.24. The second kappa shape index (κ2) is 16.4. The normalized spacial score (nSPS) is 14.1. The van der Waals surface area contributed by atoms with E-state index in [0.29, 0.717) is 0 Å². The molecule has 0 saturated heterocycles. The maximum atomic E-state index is 10.4. The van der Waals surface area contributed by atoms with Crippen molar-refractivity contribution in [2.45, 2.75) is 25.7 Å². The van der Waals surface area contributed by atoms with Crippen molar-refractivity contribution in [1.82, 2.24) is 10.9 Å². The van der Waals surface area contributed by atoms with E-state index in [4.69, 9.17) is 0 Å². The molecule has 0 aliphatic carbocycles. The van der Waals surface area contributed by atoms with Crippen molar-refractivity contribution < 1.29 is 68.1 Å². The number of carboxylic acid groups (broad SMARTS) is 2. The zero-order valence-electron chi connectivity index (χ0n) is 12.5. The predicted molar refractivity (Wildman–Crippen MR) is 74.1 cm³/mol. The molecule has 10 N–H and O–H groups in total. The van der Waals surface area contributed by atoms with Crippen LogP contribution >= 0.6 is 0 Å². The number of nitrogens with zero attached hydrogens (tertiary/aromatic N) is 2. The maximum absolute atomic E-state index is 10.4. The zero-order valence-corrected chi connectivity index (χ0v) is 13.5. The fourth-order valence-corrected chi connectivity index (χ4v) is 1.24. The largest absolute Gasteiger partial charge is 2.00 e. The topological polar surface area (TPSA) is 289 Å². The minimum atomic E-state index is -1.32. The first-order valence-corrected chi connectivity index (χ1v) is 5.53. The van der Waals surface area contributed by atoms with Gasteiger partial charge in [-0.15, -0.1) is 0 Å². The molecule has 14 nitrogen and oxygen atoms in total. The summed E-state index contributed by atoms with van der Waals surface area (Å²) in [6, 6.07) is 0. The SMILES string of the molecule is O.O.O.O.O=C1CCC(C(=O)[O-])=NN1.O=C1CCC(C(=O)[O-])=NN1.[Co+2]. The van der Waals surface area contributed by atoms with Crippen LogP contribution in [0.25, 0.3) is 0 Å². The molecule has 0 bridgehead atoms. The summed E-state index contributed by atoms with van der Waals surface area (Å²) < 4.78 is 0. The molecule has 147 valence electrons. The number of hydrogen-bond acceptors (Lipinski definition) is 8. The van der Waals surface area contributed by atoms with Crippen LogP contribution in [-0.4, -0.2) is 57.1 Å². The van der Waals surface area contributed by atoms with Gasteiger partial charge in [-0.1, -0.05) is 0 Å². The zero-order chi connectivity index (χ0) is 15.1. The number of hydrogen-bond donors (Lipinski definition) is 2. The molecule has 0 aromatic carbocycles. The summed E-state index contributed by atoms with van der Waals surface area (Å²) in [5.41, 5.74) is 3.89. The van der Waals surface area contributed by atoms with E-state index < -0.39 is 11.9 Å². The molecule has 0 fully saturated rings. The minimum Gasteiger partial charge on any atom is -0.543 e. The van der Waals surface area contributed by atoms with E-state index in [-0.39, 0.29) is 87.6 Å². The minimum absolute atomic E-state index is 0. The third-order valence-corrected chi connectivity index (χ3v) is 2.28. The molecule has 2 amide bonds. The summed E-state index contributed by atoms with van der Waals surface area (Å²) >= 11 is 0. The van der Waals surface area contributed by atoms with E-state index >= 15 is 0 Å². The smallest absolute Gasteiger partial charge is 0.543 e. The monoisotopic (exact) mass is 413 g/mol. The first-order chi connectivity index (χ1) is 9.40. The molecular weight excluding hydrogens is 395 g/mol. The van der Waals surface area contributed by atoms with Crippen molar-refractivity contribution in [3.8, 4) is 0 Å². The van der Waals surface area contributed by atoms with E-state index in [1.54, 1.807) is 0 Å². The number of aliphatic carboxylic acids is 2. The van der Waals surface area contributed by atoms with Crippen molar-refractivity contribution in [3.63, 3.8) is 0 Å². The number of carboxylic acids is 2. The summed E-state index contributed by atoms with van der Waals surface area (Å²) in [6.45, 7) is 0. The van der Waals surface area contributed by atoms with E-state index in [1.165, 1.54) is 0 Å². The fraction of sp³-hybridized carbons (Fsp3) is 0.400. The van der Waals surface area contributed by atoms with Gasteiger partial charge in [0, 0.05) is 25.7 Å². The number of nitrogens with one attached hydrogen (secondary N) is 2. The van der Waals surface area contributed by atoms with E-state index in [1.807, 2.05) is 10.9 Å². The predicted octanol–water partition coefficient (Wildman–Crippen LogP) is -7.30. The second-order valence-corrected chi connectivity index (χ2v) is 3.76. The van der Waals surface area contributed by atoms with Crippen LogP contribution in [0.15, 0.2) is 10.2 Å². The van der Waals surface area contributed by atoms with Crippen LogP contribution in [0.5, 0.6) is 0 Å². The molecule has 0 unspecified atom stereocenters. The van der Waals surface area contributed by atoms with Crippen molar-refractivity contribution in [2.24, 2.45) is 10.2 Å². The quantitative estimate of drug-likeness (QED) is 0.442. The summed E-state index contributed by atoms with van der Waals surface area (Å²) in [4.78, 5) is 40.9. The Balaban J connectivity index is -0.0000000889. The molecule has 1 radical (unpaired) electrons. The van der Waals surface area contributed by atoms with Crippen molar-refractivity contribution in [2.75, 3.05) is 0 Å². The Hall–Kier alpha value is -2.43. The standard InChI is InChI=1S/2C5H6N2O3.Co.4H2O/c2*8-4-2-1-3(5(9)10)6-7-4;;;;;/h2*1-2H2,(H,7,8)(H,9,10);;4*1H2/q;;+2;;;;/p-2. The Morgan fingerprint density at radius 2 is 1.00 bits per heavy atom. The van der Waals surface area contributed by atoms with Gasteiger partial charge in [0.25, 0.3) is 0 Å². The van der Waals surface area contributed by atoms with Crippen LogP contribution in [0, 0.1) is 0 Å². The van der Waals surface area contributed by atoms with Gasteiger partial charge in [-0.25, -0.2) is 10.9 Å². The van der Waals surface area contributed by atoms with Gasteiger partial charge < -0.3 is 41.7 Å². The van der Waals surface area contributed by atoms with Gasteiger partial charge in [-0.3, -0.25) is 9.59 Å². The molecule has 0 spiro atoms.